The molecule has 3 aromatic carbocycles. The number of amides is 1. The predicted octanol–water partition coefficient (Wildman–Crippen LogP) is 6.35. The lowest BCUT2D eigenvalue weighted by Gasteiger charge is -2.16. The number of rotatable bonds is 11. The Morgan fingerprint density at radius 3 is 2.51 bits per heavy atom. The zero-order chi connectivity index (χ0) is 24.5. The van der Waals surface area contributed by atoms with Gasteiger partial charge in [0.05, 0.1) is 23.7 Å². The van der Waals surface area contributed by atoms with E-state index >= 15 is 0 Å². The lowest BCUT2D eigenvalue weighted by Crippen LogP contribution is -2.27. The Kier molecular flexibility index (Phi) is 8.34. The van der Waals surface area contributed by atoms with E-state index in [1.807, 2.05) is 73.7 Å². The van der Waals surface area contributed by atoms with E-state index < -0.39 is 0 Å². The van der Waals surface area contributed by atoms with Gasteiger partial charge in [-0.15, -0.1) is 0 Å². The highest BCUT2D eigenvalue weighted by Crippen LogP contribution is 2.22. The molecule has 1 atom stereocenters. The molecular formula is C30H33N3O2. The molecule has 1 unspecified atom stereocenters. The second-order valence-corrected chi connectivity index (χ2v) is 8.64. The zero-order valence-electron chi connectivity index (χ0n) is 20.5. The molecule has 1 heterocycles. The quantitative estimate of drug-likeness (QED) is 0.207. The molecule has 1 amide bonds. The topological polar surface area (TPSA) is 56.1 Å². The molecule has 4 aromatic rings. The first-order chi connectivity index (χ1) is 17.1. The standard InChI is InChI=1S/C30H33N3O2/c1-3-24-15-18-26(19-16-24)35-22-10-9-21-33-28-14-8-7-13-27(28)32-30(33)23(2)31-29(34)20-17-25-11-5-4-6-12-25/h4-8,11-20,23H,3,9-10,21-22H2,1-2H3,(H,31,34)/b20-17-. The monoisotopic (exact) mass is 467 g/mol. The maximum atomic E-state index is 12.5. The highest BCUT2D eigenvalue weighted by atomic mass is 16.5. The van der Waals surface area contributed by atoms with Crippen LogP contribution >= 0.6 is 0 Å². The summed E-state index contributed by atoms with van der Waals surface area (Å²) in [5.74, 6) is 1.64. The molecule has 0 saturated heterocycles. The van der Waals surface area contributed by atoms with Crippen LogP contribution in [0.3, 0.4) is 0 Å². The minimum absolute atomic E-state index is 0.137. The van der Waals surface area contributed by atoms with Gasteiger partial charge in [0.15, 0.2) is 0 Å². The van der Waals surface area contributed by atoms with E-state index in [0.29, 0.717) is 6.61 Å². The Hall–Kier alpha value is -3.86. The third-order valence-electron chi connectivity index (χ3n) is 6.03. The molecule has 35 heavy (non-hydrogen) atoms. The maximum absolute atomic E-state index is 12.5. The summed E-state index contributed by atoms with van der Waals surface area (Å²) in [7, 11) is 0. The van der Waals surface area contributed by atoms with Crippen molar-refractivity contribution in [3.8, 4) is 5.75 Å². The van der Waals surface area contributed by atoms with Gasteiger partial charge in [0.2, 0.25) is 5.91 Å². The van der Waals surface area contributed by atoms with Crippen LogP contribution in [0.5, 0.6) is 5.75 Å². The largest absolute Gasteiger partial charge is 0.494 e. The molecule has 1 N–H and O–H groups in total. The summed E-state index contributed by atoms with van der Waals surface area (Å²) < 4.78 is 8.14. The van der Waals surface area contributed by atoms with Gasteiger partial charge in [0, 0.05) is 12.6 Å². The summed E-state index contributed by atoms with van der Waals surface area (Å²) in [4.78, 5) is 17.4. The van der Waals surface area contributed by atoms with E-state index in [9.17, 15) is 4.79 Å². The minimum Gasteiger partial charge on any atom is -0.494 e. The summed E-state index contributed by atoms with van der Waals surface area (Å²) >= 11 is 0. The normalized spacial score (nSPS) is 12.2. The molecule has 180 valence electrons. The number of fused-ring (bicyclic) bond motifs is 1. The van der Waals surface area contributed by atoms with Crippen molar-refractivity contribution in [2.75, 3.05) is 6.61 Å². The average Bonchev–Trinajstić information content (AvgIpc) is 3.27. The molecule has 0 bridgehead atoms. The van der Waals surface area contributed by atoms with Crippen molar-refractivity contribution in [3.05, 3.63) is 102 Å². The number of aryl methyl sites for hydroxylation is 2. The van der Waals surface area contributed by atoms with Crippen molar-refractivity contribution in [2.45, 2.75) is 45.7 Å². The number of para-hydroxylation sites is 2. The third kappa shape index (κ3) is 6.60. The number of carbonyl (C=O) groups excluding carboxylic acids is 1. The first-order valence-corrected chi connectivity index (χ1v) is 12.3. The van der Waals surface area contributed by atoms with Gasteiger partial charge in [0.25, 0.3) is 0 Å². The molecular weight excluding hydrogens is 434 g/mol. The van der Waals surface area contributed by atoms with E-state index in [1.54, 1.807) is 6.08 Å². The van der Waals surface area contributed by atoms with Crippen molar-refractivity contribution in [1.29, 1.82) is 0 Å². The summed E-state index contributed by atoms with van der Waals surface area (Å²) in [5, 5.41) is 3.07. The van der Waals surface area contributed by atoms with Gasteiger partial charge in [-0.3, -0.25) is 4.79 Å². The second-order valence-electron chi connectivity index (χ2n) is 8.64. The van der Waals surface area contributed by atoms with Gasteiger partial charge < -0.3 is 14.6 Å². The molecule has 1 aromatic heterocycles. The number of unbranched alkanes of at least 4 members (excludes halogenated alkanes) is 1. The average molecular weight is 468 g/mol. The Balaban J connectivity index is 1.37. The van der Waals surface area contributed by atoms with Crippen LogP contribution in [-0.2, 0) is 17.8 Å². The first kappa shape index (κ1) is 24.3. The molecule has 0 spiro atoms. The van der Waals surface area contributed by atoms with Crippen LogP contribution in [0.1, 0.15) is 49.7 Å². The fourth-order valence-corrected chi connectivity index (χ4v) is 4.11. The zero-order valence-corrected chi connectivity index (χ0v) is 20.5. The molecule has 5 heteroatoms. The van der Waals surface area contributed by atoms with Gasteiger partial charge in [-0.05, 0) is 67.7 Å². The van der Waals surface area contributed by atoms with Crippen molar-refractivity contribution in [1.82, 2.24) is 14.9 Å². The number of aromatic nitrogens is 2. The highest BCUT2D eigenvalue weighted by Gasteiger charge is 2.17. The van der Waals surface area contributed by atoms with E-state index in [4.69, 9.17) is 9.72 Å². The molecule has 4 rings (SSSR count). The fraction of sp³-hybridized carbons (Fsp3) is 0.267. The Morgan fingerprint density at radius 2 is 1.74 bits per heavy atom. The molecule has 5 nitrogen and oxygen atoms in total. The Bertz CT molecular complexity index is 1260. The number of hydrogen-bond donors (Lipinski definition) is 1. The van der Waals surface area contributed by atoms with Crippen LogP contribution in [0.4, 0.5) is 0 Å². The maximum Gasteiger partial charge on any atom is 0.244 e. The Labute approximate surface area is 207 Å². The number of imidazole rings is 1. The number of benzene rings is 3. The van der Waals surface area contributed by atoms with Gasteiger partial charge >= 0.3 is 0 Å². The van der Waals surface area contributed by atoms with Gasteiger partial charge in [0.1, 0.15) is 11.6 Å². The summed E-state index contributed by atoms with van der Waals surface area (Å²) in [6, 6.07) is 26.0. The smallest absolute Gasteiger partial charge is 0.244 e. The number of ether oxygens (including phenoxy) is 1. The number of nitrogens with zero attached hydrogens (tertiary/aromatic N) is 2. The van der Waals surface area contributed by atoms with E-state index in [-0.39, 0.29) is 11.9 Å². The van der Waals surface area contributed by atoms with Crippen LogP contribution in [0.2, 0.25) is 0 Å². The van der Waals surface area contributed by atoms with Crippen LogP contribution in [0, 0.1) is 0 Å². The summed E-state index contributed by atoms with van der Waals surface area (Å²) in [5.41, 5.74) is 4.33. The second kappa shape index (κ2) is 12.0. The third-order valence-corrected chi connectivity index (χ3v) is 6.03. The molecule has 0 aliphatic carbocycles. The van der Waals surface area contributed by atoms with Crippen molar-refractivity contribution in [3.63, 3.8) is 0 Å². The minimum atomic E-state index is -0.219. The number of hydrogen-bond acceptors (Lipinski definition) is 3. The predicted molar refractivity (Wildman–Crippen MR) is 142 cm³/mol. The SMILES string of the molecule is CCc1ccc(OCCCCn2c(C(C)NC(=O)/C=C\c3ccccc3)nc3ccccc32)cc1. The van der Waals surface area contributed by atoms with Crippen LogP contribution < -0.4 is 10.1 Å². The van der Waals surface area contributed by atoms with Crippen LogP contribution in [0.25, 0.3) is 17.1 Å². The van der Waals surface area contributed by atoms with E-state index in [2.05, 4.69) is 35.0 Å². The van der Waals surface area contributed by atoms with Crippen molar-refractivity contribution < 1.29 is 9.53 Å². The van der Waals surface area contributed by atoms with Gasteiger partial charge in [-0.1, -0.05) is 61.5 Å². The molecule has 0 saturated carbocycles. The molecule has 0 fully saturated rings. The Morgan fingerprint density at radius 1 is 1.00 bits per heavy atom. The summed E-state index contributed by atoms with van der Waals surface area (Å²) in [6.45, 7) is 5.62. The molecule has 0 aliphatic heterocycles. The number of carbonyl (C=O) groups is 1. The number of nitrogens with one attached hydrogen (secondary N) is 1. The first-order valence-electron chi connectivity index (χ1n) is 12.3. The van der Waals surface area contributed by atoms with Crippen LogP contribution in [-0.4, -0.2) is 22.1 Å². The lowest BCUT2D eigenvalue weighted by molar-refractivity contribution is -0.117. The molecule has 0 aliphatic rings. The summed E-state index contributed by atoms with van der Waals surface area (Å²) in [6.07, 6.45) is 6.31. The van der Waals surface area contributed by atoms with E-state index in [1.165, 1.54) is 5.56 Å². The van der Waals surface area contributed by atoms with Crippen molar-refractivity contribution in [2.24, 2.45) is 0 Å². The fourth-order valence-electron chi connectivity index (χ4n) is 4.11. The van der Waals surface area contributed by atoms with Gasteiger partial charge in [-0.25, -0.2) is 4.98 Å². The highest BCUT2D eigenvalue weighted by molar-refractivity contribution is 5.92. The molecule has 0 radical (unpaired) electrons. The van der Waals surface area contributed by atoms with E-state index in [0.717, 1.165) is 54.0 Å². The van der Waals surface area contributed by atoms with Crippen LogP contribution in [0.15, 0.2) is 84.9 Å². The lowest BCUT2D eigenvalue weighted by atomic mass is 10.2. The van der Waals surface area contributed by atoms with Gasteiger partial charge in [-0.2, -0.15) is 0 Å². The van der Waals surface area contributed by atoms with Crippen molar-refractivity contribution >= 4 is 23.0 Å².